The van der Waals surface area contributed by atoms with Crippen molar-refractivity contribution in [3.8, 4) is 0 Å². The van der Waals surface area contributed by atoms with Crippen LogP contribution in [0.3, 0.4) is 0 Å². The number of esters is 2. The van der Waals surface area contributed by atoms with Crippen LogP contribution in [0.15, 0.2) is 0 Å². The summed E-state index contributed by atoms with van der Waals surface area (Å²) in [6.45, 7) is 3.75. The van der Waals surface area contributed by atoms with Crippen LogP contribution < -0.4 is 4.89 Å². The zero-order valence-electron chi connectivity index (χ0n) is 22.1. The molecule has 9 nitrogen and oxygen atoms in total. The minimum Gasteiger partial charge on any atom is -0.756 e. The Kier molecular flexibility index (Phi) is 18.7. The summed E-state index contributed by atoms with van der Waals surface area (Å²) in [5.74, 6) is -0.901. The van der Waals surface area contributed by atoms with Crippen molar-refractivity contribution in [3.63, 3.8) is 0 Å². The second-order valence-electron chi connectivity index (χ2n) is 9.71. The van der Waals surface area contributed by atoms with Gasteiger partial charge in [-0.05, 0) is 12.8 Å². The number of phosphoric acid groups is 1. The van der Waals surface area contributed by atoms with Gasteiger partial charge in [-0.15, -0.1) is 0 Å². The van der Waals surface area contributed by atoms with Gasteiger partial charge in [0.05, 0.1) is 27.7 Å². The lowest BCUT2D eigenvalue weighted by atomic mass is 10.1. The number of rotatable bonds is 22. The van der Waals surface area contributed by atoms with Gasteiger partial charge in [-0.2, -0.15) is 0 Å². The van der Waals surface area contributed by atoms with Crippen LogP contribution in [0, 0.1) is 0 Å². The van der Waals surface area contributed by atoms with E-state index in [4.69, 9.17) is 18.5 Å². The zero-order valence-corrected chi connectivity index (χ0v) is 22.9. The summed E-state index contributed by atoms with van der Waals surface area (Å²) in [4.78, 5) is 35.9. The van der Waals surface area contributed by atoms with Crippen LogP contribution in [0.25, 0.3) is 0 Å². The van der Waals surface area contributed by atoms with E-state index in [1.807, 2.05) is 28.1 Å². The summed E-state index contributed by atoms with van der Waals surface area (Å²) in [6, 6.07) is 0. The third kappa shape index (κ3) is 21.5. The highest BCUT2D eigenvalue weighted by Gasteiger charge is 2.21. The minimum absolute atomic E-state index is 0.0295. The summed E-state index contributed by atoms with van der Waals surface area (Å²) < 4.78 is 32.7. The molecule has 2 atom stereocenters. The molecular formula is C24H48NO8P. The van der Waals surface area contributed by atoms with Crippen molar-refractivity contribution in [1.82, 2.24) is 0 Å². The molecule has 0 aliphatic carbocycles. The van der Waals surface area contributed by atoms with Gasteiger partial charge in [-0.3, -0.25) is 14.2 Å². The molecule has 202 valence electrons. The molecule has 0 fully saturated rings. The lowest BCUT2D eigenvalue weighted by molar-refractivity contribution is -0.870. The maximum atomic E-state index is 12.1. The van der Waals surface area contributed by atoms with Crippen molar-refractivity contribution in [3.05, 3.63) is 0 Å². The fraction of sp³-hybridized carbons (Fsp3) is 0.917. The molecule has 0 rings (SSSR count). The molecule has 0 saturated heterocycles. The molecule has 1 unspecified atom stereocenters. The number of ether oxygens (including phenoxy) is 2. The number of nitrogens with zero attached hydrogens (tertiary/aromatic N) is 1. The lowest BCUT2D eigenvalue weighted by Gasteiger charge is -2.28. The molecule has 0 aliphatic rings. The molecule has 34 heavy (non-hydrogen) atoms. The minimum atomic E-state index is -4.57. The topological polar surface area (TPSA) is 111 Å². The van der Waals surface area contributed by atoms with Crippen LogP contribution in [0.2, 0.25) is 0 Å². The highest BCUT2D eigenvalue weighted by atomic mass is 31.2. The summed E-state index contributed by atoms with van der Waals surface area (Å²) in [6.07, 6.45) is 10.3. The van der Waals surface area contributed by atoms with Gasteiger partial charge in [0, 0.05) is 12.8 Å². The highest BCUT2D eigenvalue weighted by molar-refractivity contribution is 7.45. The first kappa shape index (κ1) is 33.0. The third-order valence-corrected chi connectivity index (χ3v) is 6.06. The maximum Gasteiger partial charge on any atom is 0.306 e. The van der Waals surface area contributed by atoms with Crippen molar-refractivity contribution in [2.75, 3.05) is 47.5 Å². The Hall–Kier alpha value is -0.990. The largest absolute Gasteiger partial charge is 0.756 e. The smallest absolute Gasteiger partial charge is 0.306 e. The van der Waals surface area contributed by atoms with Crippen molar-refractivity contribution < 1.29 is 42.1 Å². The number of unbranched alkanes of at least 4 members (excludes halogenated alkanes) is 8. The predicted molar refractivity (Wildman–Crippen MR) is 130 cm³/mol. The number of likely N-dealkylation sites (N-methyl/N-ethyl adjacent to an activating group) is 1. The first-order chi connectivity index (χ1) is 16.0. The number of carbonyl (C=O) groups excluding carboxylic acids is 2. The van der Waals surface area contributed by atoms with Gasteiger partial charge in [0.15, 0.2) is 6.10 Å². The van der Waals surface area contributed by atoms with Gasteiger partial charge in [0.2, 0.25) is 0 Å². The van der Waals surface area contributed by atoms with Gasteiger partial charge >= 0.3 is 11.9 Å². The van der Waals surface area contributed by atoms with Crippen LogP contribution in [0.1, 0.15) is 90.9 Å². The number of hydrogen-bond donors (Lipinski definition) is 0. The Morgan fingerprint density at radius 1 is 0.794 bits per heavy atom. The van der Waals surface area contributed by atoms with E-state index in [0.717, 1.165) is 19.3 Å². The Morgan fingerprint density at radius 3 is 1.94 bits per heavy atom. The van der Waals surface area contributed by atoms with Crippen LogP contribution >= 0.6 is 7.82 Å². The molecule has 10 heteroatoms. The van der Waals surface area contributed by atoms with Gasteiger partial charge in [-0.1, -0.05) is 65.2 Å². The van der Waals surface area contributed by atoms with Crippen molar-refractivity contribution in [2.45, 2.75) is 97.0 Å². The molecular weight excluding hydrogens is 461 g/mol. The second kappa shape index (κ2) is 19.2. The Labute approximate surface area is 206 Å². The zero-order chi connectivity index (χ0) is 25.9. The summed E-state index contributed by atoms with van der Waals surface area (Å²) in [5, 5.41) is 0. The van der Waals surface area contributed by atoms with Crippen LogP contribution in [0.5, 0.6) is 0 Å². The summed E-state index contributed by atoms with van der Waals surface area (Å²) in [7, 11) is 1.16. The first-order valence-corrected chi connectivity index (χ1v) is 14.2. The quantitative estimate of drug-likeness (QED) is 0.0915. The number of quaternary nitrogens is 1. The molecule has 0 aliphatic heterocycles. The van der Waals surface area contributed by atoms with E-state index in [9.17, 15) is 19.0 Å². The number of phosphoric ester groups is 1. The third-order valence-electron chi connectivity index (χ3n) is 5.10. The Bertz CT molecular complexity index is 594. The predicted octanol–water partition coefficient (Wildman–Crippen LogP) is 4.37. The Morgan fingerprint density at radius 2 is 1.38 bits per heavy atom. The number of hydrogen-bond acceptors (Lipinski definition) is 8. The van der Waals surface area contributed by atoms with Crippen LogP contribution in [-0.2, 0) is 32.7 Å². The molecule has 0 aromatic carbocycles. The monoisotopic (exact) mass is 509 g/mol. The van der Waals surface area contributed by atoms with E-state index in [0.29, 0.717) is 17.4 Å². The average molecular weight is 510 g/mol. The fourth-order valence-corrected chi connectivity index (χ4v) is 3.77. The molecule has 0 radical (unpaired) electrons. The van der Waals surface area contributed by atoms with E-state index in [1.54, 1.807) is 0 Å². The fourth-order valence-electron chi connectivity index (χ4n) is 3.04. The first-order valence-electron chi connectivity index (χ1n) is 12.7. The van der Waals surface area contributed by atoms with Crippen molar-refractivity contribution >= 4 is 19.8 Å². The standard InChI is InChI=1S/C24H48NO8P/c1-6-8-9-10-11-12-13-14-15-17-23(26)30-20-22(33-24(27)16-7-2)21-32-34(28,29)31-19-18-25(3,4)5/h22H,6-21H2,1-5H3/t22-/m1/s1. The van der Waals surface area contributed by atoms with Gasteiger partial charge < -0.3 is 27.9 Å². The average Bonchev–Trinajstić information content (AvgIpc) is 2.73. The normalized spacial score (nSPS) is 14.4. The van der Waals surface area contributed by atoms with E-state index < -0.39 is 32.5 Å². The van der Waals surface area contributed by atoms with Crippen LogP contribution in [0.4, 0.5) is 0 Å². The molecule has 0 saturated carbocycles. The molecule has 0 N–H and O–H groups in total. The SMILES string of the molecule is CCCCCCCCCCCC(=O)OC[C@H](COP(=O)([O-])OCC[N+](C)(C)C)OC(=O)CCC. The highest BCUT2D eigenvalue weighted by Crippen LogP contribution is 2.38. The van der Waals surface area contributed by atoms with E-state index in [2.05, 4.69) is 6.92 Å². The van der Waals surface area contributed by atoms with Crippen LogP contribution in [-0.4, -0.2) is 70.0 Å². The van der Waals surface area contributed by atoms with Crippen molar-refractivity contribution in [2.24, 2.45) is 0 Å². The summed E-state index contributed by atoms with van der Waals surface area (Å²) in [5.41, 5.74) is 0. The van der Waals surface area contributed by atoms with Crippen molar-refractivity contribution in [1.29, 1.82) is 0 Å². The molecule has 0 bridgehead atoms. The maximum absolute atomic E-state index is 12.1. The summed E-state index contributed by atoms with van der Waals surface area (Å²) >= 11 is 0. The van der Waals surface area contributed by atoms with Gasteiger partial charge in [0.1, 0.15) is 19.8 Å². The molecule has 0 spiro atoms. The van der Waals surface area contributed by atoms with E-state index in [1.165, 1.54) is 38.5 Å². The number of carbonyl (C=O) groups is 2. The van der Waals surface area contributed by atoms with E-state index >= 15 is 0 Å². The molecule has 0 amide bonds. The van der Waals surface area contributed by atoms with E-state index in [-0.39, 0.29) is 26.1 Å². The molecule has 0 heterocycles. The van der Waals surface area contributed by atoms with Gasteiger partial charge in [0.25, 0.3) is 7.82 Å². The second-order valence-corrected chi connectivity index (χ2v) is 11.1. The molecule has 0 aromatic heterocycles. The Balaban J connectivity index is 4.32. The lowest BCUT2D eigenvalue weighted by Crippen LogP contribution is -2.37. The van der Waals surface area contributed by atoms with Gasteiger partial charge in [-0.25, -0.2) is 0 Å². The molecule has 0 aromatic rings.